The van der Waals surface area contributed by atoms with Crippen molar-refractivity contribution in [1.29, 1.82) is 0 Å². The molecule has 1 aliphatic carbocycles. The minimum atomic E-state index is -1.07. The standard InChI is InChI=1S/C28H30N2O6S/c1-34-24-12-11-19-15-30(23(28(32)33)13-22(19)26(24)35-16-21-14-29-17-37-21)27(31)25(18-7-3-2-4-8-18)36-20-9-5-6-10-20/h2-4,7-8,11-12,14,17,20,23,25H,5-6,9-10,13,15-16H2,1H3,(H,32,33)/t23?,25-/m0/s1. The van der Waals surface area contributed by atoms with Gasteiger partial charge in [-0.15, -0.1) is 11.3 Å². The Morgan fingerprint density at radius 1 is 1.16 bits per heavy atom. The lowest BCUT2D eigenvalue weighted by atomic mass is 9.91. The van der Waals surface area contributed by atoms with E-state index in [2.05, 4.69) is 4.98 Å². The van der Waals surface area contributed by atoms with E-state index in [0.29, 0.717) is 18.1 Å². The Hall–Kier alpha value is -3.43. The number of hydrogen-bond donors (Lipinski definition) is 1. The van der Waals surface area contributed by atoms with Gasteiger partial charge in [-0.3, -0.25) is 9.78 Å². The molecule has 1 fully saturated rings. The van der Waals surface area contributed by atoms with E-state index >= 15 is 0 Å². The maximum Gasteiger partial charge on any atom is 0.326 e. The highest BCUT2D eigenvalue weighted by molar-refractivity contribution is 7.09. The number of benzene rings is 2. The number of ether oxygens (including phenoxy) is 3. The van der Waals surface area contributed by atoms with Crippen molar-refractivity contribution >= 4 is 23.2 Å². The summed E-state index contributed by atoms with van der Waals surface area (Å²) in [5, 5.41) is 10.2. The van der Waals surface area contributed by atoms with Crippen LogP contribution < -0.4 is 9.47 Å². The minimum Gasteiger partial charge on any atom is -0.493 e. The molecule has 1 N–H and O–H groups in total. The van der Waals surface area contributed by atoms with E-state index in [1.54, 1.807) is 24.9 Å². The lowest BCUT2D eigenvalue weighted by molar-refractivity contribution is -0.160. The van der Waals surface area contributed by atoms with Crippen LogP contribution in [0.5, 0.6) is 11.5 Å². The molecular weight excluding hydrogens is 492 g/mol. The number of aromatic nitrogens is 1. The number of carbonyl (C=O) groups excluding carboxylic acids is 1. The van der Waals surface area contributed by atoms with E-state index in [-0.39, 0.29) is 25.0 Å². The number of amides is 1. The highest BCUT2D eigenvalue weighted by atomic mass is 32.1. The molecular formula is C28H30N2O6S. The van der Waals surface area contributed by atoms with Crippen molar-refractivity contribution in [3.05, 3.63) is 75.7 Å². The fourth-order valence-corrected chi connectivity index (χ4v) is 5.62. The molecule has 0 bridgehead atoms. The first-order valence-electron chi connectivity index (χ1n) is 12.5. The van der Waals surface area contributed by atoms with Gasteiger partial charge in [0.25, 0.3) is 5.91 Å². The number of fused-ring (bicyclic) bond motifs is 1. The first-order valence-corrected chi connectivity index (χ1v) is 13.4. The molecule has 1 unspecified atom stereocenters. The molecule has 37 heavy (non-hydrogen) atoms. The summed E-state index contributed by atoms with van der Waals surface area (Å²) in [4.78, 5) is 32.9. The summed E-state index contributed by atoms with van der Waals surface area (Å²) >= 11 is 1.48. The van der Waals surface area contributed by atoms with E-state index in [1.807, 2.05) is 36.4 Å². The van der Waals surface area contributed by atoms with Crippen molar-refractivity contribution in [2.24, 2.45) is 0 Å². The molecule has 0 radical (unpaired) electrons. The predicted octanol–water partition coefficient (Wildman–Crippen LogP) is 4.77. The molecule has 0 saturated heterocycles. The third-order valence-electron chi connectivity index (χ3n) is 7.02. The Morgan fingerprint density at radius 3 is 2.62 bits per heavy atom. The summed E-state index contributed by atoms with van der Waals surface area (Å²) in [6.07, 6.45) is 4.93. The van der Waals surface area contributed by atoms with Crippen molar-refractivity contribution in [3.63, 3.8) is 0 Å². The number of carbonyl (C=O) groups is 2. The Morgan fingerprint density at radius 2 is 1.95 bits per heavy atom. The van der Waals surface area contributed by atoms with Crippen LogP contribution in [-0.4, -0.2) is 46.1 Å². The average molecular weight is 523 g/mol. The smallest absolute Gasteiger partial charge is 0.326 e. The molecule has 9 heteroatoms. The molecule has 0 spiro atoms. The zero-order chi connectivity index (χ0) is 25.8. The van der Waals surface area contributed by atoms with Crippen molar-refractivity contribution < 1.29 is 28.9 Å². The quantitative estimate of drug-likeness (QED) is 0.432. The van der Waals surface area contributed by atoms with E-state index < -0.39 is 18.1 Å². The lowest BCUT2D eigenvalue weighted by Crippen LogP contribution is -2.50. The van der Waals surface area contributed by atoms with Crippen LogP contribution in [0, 0.1) is 0 Å². The minimum absolute atomic E-state index is 0.00878. The number of hydrogen-bond acceptors (Lipinski definition) is 7. The topological polar surface area (TPSA) is 98.2 Å². The average Bonchev–Trinajstić information content (AvgIpc) is 3.64. The van der Waals surface area contributed by atoms with Gasteiger partial charge in [0.15, 0.2) is 17.6 Å². The Labute approximate surface area is 219 Å². The van der Waals surface area contributed by atoms with Crippen LogP contribution in [-0.2, 0) is 33.9 Å². The molecule has 3 aromatic rings. The molecule has 1 amide bonds. The molecule has 8 nitrogen and oxygen atoms in total. The van der Waals surface area contributed by atoms with Gasteiger partial charge in [0.1, 0.15) is 12.6 Å². The fourth-order valence-electron chi connectivity index (χ4n) is 5.12. The van der Waals surface area contributed by atoms with E-state index in [0.717, 1.165) is 47.3 Å². The maximum atomic E-state index is 14.0. The first-order chi connectivity index (χ1) is 18.0. The first kappa shape index (κ1) is 25.2. The normalized spacial score (nSPS) is 18.3. The third-order valence-corrected chi connectivity index (χ3v) is 7.78. The zero-order valence-corrected chi connectivity index (χ0v) is 21.5. The third kappa shape index (κ3) is 5.47. The van der Waals surface area contributed by atoms with Crippen molar-refractivity contribution in [1.82, 2.24) is 9.88 Å². The maximum absolute atomic E-state index is 14.0. The number of aliphatic carboxylic acids is 1. The van der Waals surface area contributed by atoms with Gasteiger partial charge in [-0.25, -0.2) is 4.79 Å². The largest absolute Gasteiger partial charge is 0.493 e. The second kappa shape index (κ2) is 11.3. The van der Waals surface area contributed by atoms with Gasteiger partial charge in [-0.1, -0.05) is 49.2 Å². The molecule has 194 valence electrons. The molecule has 1 aliphatic heterocycles. The number of nitrogens with zero attached hydrogens (tertiary/aromatic N) is 2. The van der Waals surface area contributed by atoms with Gasteiger partial charge in [-0.2, -0.15) is 0 Å². The number of thiazole rings is 1. The molecule has 1 saturated carbocycles. The second-order valence-corrected chi connectivity index (χ2v) is 10.3. The summed E-state index contributed by atoms with van der Waals surface area (Å²) < 4.78 is 18.0. The predicted molar refractivity (Wildman–Crippen MR) is 138 cm³/mol. The second-order valence-electron chi connectivity index (χ2n) is 9.35. The van der Waals surface area contributed by atoms with Gasteiger partial charge in [0, 0.05) is 24.7 Å². The Balaban J connectivity index is 1.46. The Bertz CT molecular complexity index is 1230. The van der Waals surface area contributed by atoms with Gasteiger partial charge in [-0.05, 0) is 30.0 Å². The van der Waals surface area contributed by atoms with Crippen LogP contribution >= 0.6 is 11.3 Å². The molecule has 2 aliphatic rings. The summed E-state index contributed by atoms with van der Waals surface area (Å²) in [5.74, 6) is -0.366. The highest BCUT2D eigenvalue weighted by Crippen LogP contribution is 2.40. The number of carboxylic acid groups (broad SMARTS) is 1. The van der Waals surface area contributed by atoms with Crippen LogP contribution in [0.1, 0.15) is 53.4 Å². The van der Waals surface area contributed by atoms with Crippen molar-refractivity contribution in [2.75, 3.05) is 7.11 Å². The number of rotatable bonds is 9. The van der Waals surface area contributed by atoms with Crippen molar-refractivity contribution in [3.8, 4) is 11.5 Å². The van der Waals surface area contributed by atoms with Gasteiger partial charge in [0.05, 0.1) is 23.6 Å². The number of carboxylic acids is 1. The monoisotopic (exact) mass is 522 g/mol. The molecule has 1 aromatic heterocycles. The lowest BCUT2D eigenvalue weighted by Gasteiger charge is -2.37. The summed E-state index contributed by atoms with van der Waals surface area (Å²) in [6, 6.07) is 12.0. The van der Waals surface area contributed by atoms with Crippen LogP contribution in [0.2, 0.25) is 0 Å². The van der Waals surface area contributed by atoms with Crippen LogP contribution in [0.3, 0.4) is 0 Å². The molecule has 2 heterocycles. The SMILES string of the molecule is COc1ccc2c(c1OCc1cncs1)CC(C(=O)O)N(C(=O)[C@@H](OC1CCCC1)c1ccccc1)C2. The summed E-state index contributed by atoms with van der Waals surface area (Å²) in [5.41, 5.74) is 4.04. The van der Waals surface area contributed by atoms with E-state index in [4.69, 9.17) is 14.2 Å². The van der Waals surface area contributed by atoms with Crippen molar-refractivity contribution in [2.45, 2.75) is 63.5 Å². The highest BCUT2D eigenvalue weighted by Gasteiger charge is 2.41. The van der Waals surface area contributed by atoms with Crippen LogP contribution in [0.15, 0.2) is 54.2 Å². The number of methoxy groups -OCH3 is 1. The van der Waals surface area contributed by atoms with Gasteiger partial charge >= 0.3 is 5.97 Å². The summed E-state index contributed by atoms with van der Waals surface area (Å²) in [7, 11) is 1.55. The molecule has 2 aromatic carbocycles. The Kier molecular flexibility index (Phi) is 7.71. The van der Waals surface area contributed by atoms with Crippen LogP contribution in [0.25, 0.3) is 0 Å². The van der Waals surface area contributed by atoms with Gasteiger partial charge in [0.2, 0.25) is 0 Å². The molecule has 2 atom stereocenters. The molecule has 5 rings (SSSR count). The van der Waals surface area contributed by atoms with E-state index in [9.17, 15) is 14.7 Å². The van der Waals surface area contributed by atoms with Crippen LogP contribution in [0.4, 0.5) is 0 Å². The van der Waals surface area contributed by atoms with Gasteiger partial charge < -0.3 is 24.2 Å². The zero-order valence-electron chi connectivity index (χ0n) is 20.7. The van der Waals surface area contributed by atoms with E-state index in [1.165, 1.54) is 16.2 Å². The fraction of sp³-hybridized carbons (Fsp3) is 0.393. The summed E-state index contributed by atoms with van der Waals surface area (Å²) in [6.45, 7) is 0.437.